The number of nitrogens with one attached hydrogen (secondary N) is 1. The summed E-state index contributed by atoms with van der Waals surface area (Å²) in [5, 5.41) is 20.0. The second-order valence-electron chi connectivity index (χ2n) is 5.70. The summed E-state index contributed by atoms with van der Waals surface area (Å²) >= 11 is 0. The zero-order valence-electron chi connectivity index (χ0n) is 13.2. The van der Waals surface area contributed by atoms with Gasteiger partial charge in [-0.3, -0.25) is 0 Å². The molecule has 0 atom stereocenters. The Morgan fingerprint density at radius 1 is 1.37 bits per heavy atom. The van der Waals surface area contributed by atoms with Gasteiger partial charge in [0, 0.05) is 12.6 Å². The molecule has 0 spiro atoms. The van der Waals surface area contributed by atoms with Gasteiger partial charge in [0.2, 0.25) is 0 Å². The van der Waals surface area contributed by atoms with E-state index in [2.05, 4.69) is 0 Å². The molecule has 0 bridgehead atoms. The van der Waals surface area contributed by atoms with Crippen molar-refractivity contribution in [3.8, 4) is 0 Å². The Morgan fingerprint density at radius 2 is 1.89 bits per heavy atom. The SMILES string of the molecule is C[NH2+]/C=C(/B(C)OC(C)(C)C(C)(C)O)C(=N)COC. The fourth-order valence-electron chi connectivity index (χ4n) is 1.54. The van der Waals surface area contributed by atoms with Crippen LogP contribution in [0, 0.1) is 5.41 Å². The number of rotatable bonds is 8. The van der Waals surface area contributed by atoms with Crippen molar-refractivity contribution in [1.82, 2.24) is 0 Å². The normalized spacial score (nSPS) is 13.6. The van der Waals surface area contributed by atoms with E-state index in [1.165, 1.54) is 0 Å². The third-order valence-electron chi connectivity index (χ3n) is 3.37. The lowest BCUT2D eigenvalue weighted by molar-refractivity contribution is -0.556. The van der Waals surface area contributed by atoms with E-state index >= 15 is 0 Å². The van der Waals surface area contributed by atoms with Crippen LogP contribution in [0.5, 0.6) is 0 Å². The fourth-order valence-corrected chi connectivity index (χ4v) is 1.54. The average Bonchev–Trinajstić information content (AvgIpc) is 2.23. The Labute approximate surface area is 117 Å². The van der Waals surface area contributed by atoms with Gasteiger partial charge in [-0.05, 0) is 27.7 Å². The molecule has 0 saturated carbocycles. The van der Waals surface area contributed by atoms with Crippen LogP contribution in [-0.4, -0.2) is 49.7 Å². The minimum Gasteiger partial charge on any atom is -0.423 e. The highest BCUT2D eigenvalue weighted by atomic mass is 16.5. The molecule has 0 rings (SSSR count). The molecule has 0 aromatic carbocycles. The average molecular weight is 271 g/mol. The Hall–Kier alpha value is -0.685. The molecular formula is C13H28BN2O3+. The van der Waals surface area contributed by atoms with Crippen LogP contribution in [0.25, 0.3) is 0 Å². The quantitative estimate of drug-likeness (QED) is 0.443. The first-order chi connectivity index (χ1) is 8.56. The molecule has 0 unspecified atom stereocenters. The molecule has 0 aliphatic heterocycles. The zero-order valence-corrected chi connectivity index (χ0v) is 13.2. The Bertz CT molecular complexity index is 335. The molecule has 0 aliphatic carbocycles. The lowest BCUT2D eigenvalue weighted by atomic mass is 9.60. The molecule has 0 heterocycles. The second kappa shape index (κ2) is 7.19. The van der Waals surface area contributed by atoms with Crippen molar-refractivity contribution in [2.45, 2.75) is 45.7 Å². The maximum absolute atomic E-state index is 10.1. The second-order valence-corrected chi connectivity index (χ2v) is 5.70. The number of hydrogen-bond donors (Lipinski definition) is 3. The predicted molar refractivity (Wildman–Crippen MR) is 78.6 cm³/mol. The summed E-state index contributed by atoms with van der Waals surface area (Å²) in [5.74, 6) is 0. The van der Waals surface area contributed by atoms with Crippen molar-refractivity contribution in [1.29, 1.82) is 5.41 Å². The van der Waals surface area contributed by atoms with Gasteiger partial charge in [0.05, 0.1) is 36.8 Å². The molecule has 6 heteroatoms. The minimum absolute atomic E-state index is 0.246. The van der Waals surface area contributed by atoms with E-state index in [9.17, 15) is 5.11 Å². The van der Waals surface area contributed by atoms with Gasteiger partial charge < -0.3 is 25.2 Å². The van der Waals surface area contributed by atoms with Crippen molar-refractivity contribution < 1.29 is 19.8 Å². The van der Waals surface area contributed by atoms with Gasteiger partial charge in [-0.15, -0.1) is 0 Å². The highest BCUT2D eigenvalue weighted by Gasteiger charge is 2.39. The third kappa shape index (κ3) is 5.44. The van der Waals surface area contributed by atoms with Gasteiger partial charge in [-0.25, -0.2) is 0 Å². The highest BCUT2D eigenvalue weighted by Crippen LogP contribution is 2.27. The van der Waals surface area contributed by atoms with Crippen molar-refractivity contribution in [2.75, 3.05) is 20.8 Å². The number of aliphatic hydroxyl groups is 1. The number of nitrogens with two attached hydrogens (primary N) is 1. The molecule has 110 valence electrons. The summed E-state index contributed by atoms with van der Waals surface area (Å²) in [6.07, 6.45) is 1.85. The molecule has 19 heavy (non-hydrogen) atoms. The van der Waals surface area contributed by atoms with Gasteiger partial charge in [0.25, 0.3) is 0 Å². The predicted octanol–water partition coefficient (Wildman–Crippen LogP) is 0.456. The monoisotopic (exact) mass is 271 g/mol. The molecule has 0 aliphatic rings. The summed E-state index contributed by atoms with van der Waals surface area (Å²) in [6.45, 7) is 8.96. The van der Waals surface area contributed by atoms with Crippen LogP contribution >= 0.6 is 0 Å². The molecule has 0 radical (unpaired) electrons. The van der Waals surface area contributed by atoms with E-state index in [-0.39, 0.29) is 13.5 Å². The van der Waals surface area contributed by atoms with Crippen LogP contribution in [0.15, 0.2) is 11.7 Å². The highest BCUT2D eigenvalue weighted by molar-refractivity contribution is 6.66. The topological polar surface area (TPSA) is 79.2 Å². The van der Waals surface area contributed by atoms with Crippen LogP contribution in [-0.2, 0) is 9.39 Å². The molecule has 0 aromatic heterocycles. The molecule has 0 fully saturated rings. The zero-order chi connectivity index (χ0) is 15.3. The van der Waals surface area contributed by atoms with Crippen LogP contribution in [0.2, 0.25) is 6.82 Å². The van der Waals surface area contributed by atoms with Crippen molar-refractivity contribution in [3.63, 3.8) is 0 Å². The van der Waals surface area contributed by atoms with Crippen molar-refractivity contribution in [2.24, 2.45) is 0 Å². The fraction of sp³-hybridized carbons (Fsp3) is 0.769. The summed E-state index contributed by atoms with van der Waals surface area (Å²) in [4.78, 5) is 0. The van der Waals surface area contributed by atoms with Crippen LogP contribution in [0.3, 0.4) is 0 Å². The standard InChI is InChI=1S/C13H27BN2O3/c1-12(2,17)13(3,4)19-14(5)10(8-16-6)11(15)9-18-7/h8,15-17H,9H2,1-7H3/p+1/b10-8+,15-11?. The maximum atomic E-state index is 10.1. The van der Waals surface area contributed by atoms with Crippen LogP contribution < -0.4 is 5.32 Å². The maximum Gasteiger partial charge on any atom is 0.331 e. The summed E-state index contributed by atoms with van der Waals surface area (Å²) in [7, 11) is 3.46. The van der Waals surface area contributed by atoms with E-state index < -0.39 is 11.2 Å². The number of hydrogen-bond acceptors (Lipinski definition) is 4. The summed E-state index contributed by atoms with van der Waals surface area (Å²) < 4.78 is 10.9. The lowest BCUT2D eigenvalue weighted by Gasteiger charge is -2.39. The first-order valence-electron chi connectivity index (χ1n) is 6.53. The van der Waals surface area contributed by atoms with Crippen LogP contribution in [0.4, 0.5) is 0 Å². The van der Waals surface area contributed by atoms with E-state index in [1.807, 2.05) is 39.2 Å². The smallest absolute Gasteiger partial charge is 0.331 e. The van der Waals surface area contributed by atoms with Gasteiger partial charge in [-0.2, -0.15) is 0 Å². The Balaban J connectivity index is 5.00. The van der Waals surface area contributed by atoms with Gasteiger partial charge >= 0.3 is 6.92 Å². The molecule has 0 amide bonds. The number of methoxy groups -OCH3 is 1. The van der Waals surface area contributed by atoms with E-state index in [0.717, 1.165) is 5.47 Å². The van der Waals surface area contributed by atoms with Gasteiger partial charge in [0.1, 0.15) is 0 Å². The lowest BCUT2D eigenvalue weighted by Crippen LogP contribution is -2.73. The van der Waals surface area contributed by atoms with Crippen LogP contribution in [0.1, 0.15) is 27.7 Å². The van der Waals surface area contributed by atoms with Gasteiger partial charge in [-0.1, -0.05) is 6.82 Å². The summed E-state index contributed by atoms with van der Waals surface area (Å²) in [5.41, 5.74) is -0.528. The largest absolute Gasteiger partial charge is 0.423 e. The number of quaternary nitrogens is 1. The number of ether oxygens (including phenoxy) is 1. The van der Waals surface area contributed by atoms with E-state index in [4.69, 9.17) is 14.8 Å². The van der Waals surface area contributed by atoms with Crippen molar-refractivity contribution >= 4 is 12.6 Å². The summed E-state index contributed by atoms with van der Waals surface area (Å²) in [6, 6.07) is 0. The molecular weight excluding hydrogens is 243 g/mol. The molecule has 0 saturated heterocycles. The molecule has 5 nitrogen and oxygen atoms in total. The first-order valence-corrected chi connectivity index (χ1v) is 6.53. The first kappa shape index (κ1) is 18.3. The van der Waals surface area contributed by atoms with Gasteiger partial charge in [0.15, 0.2) is 0 Å². The minimum atomic E-state index is -0.967. The van der Waals surface area contributed by atoms with Crippen molar-refractivity contribution in [3.05, 3.63) is 11.7 Å². The molecule has 0 aromatic rings. The van der Waals surface area contributed by atoms with E-state index in [1.54, 1.807) is 21.0 Å². The third-order valence-corrected chi connectivity index (χ3v) is 3.37. The Kier molecular flexibility index (Phi) is 6.93. The Morgan fingerprint density at radius 3 is 2.26 bits per heavy atom. The molecule has 4 N–H and O–H groups in total. The van der Waals surface area contributed by atoms with E-state index in [0.29, 0.717) is 5.71 Å².